The lowest BCUT2D eigenvalue weighted by molar-refractivity contribution is -0.140. The first-order chi connectivity index (χ1) is 23.0. The number of carbonyl (C=O) groups is 2. The molecule has 11 heteroatoms. The van der Waals surface area contributed by atoms with Crippen LogP contribution in [-0.2, 0) is 32.6 Å². The third-order valence-electron chi connectivity index (χ3n) is 8.08. The molecule has 0 radical (unpaired) electrons. The van der Waals surface area contributed by atoms with Crippen molar-refractivity contribution in [3.8, 4) is 11.5 Å². The van der Waals surface area contributed by atoms with Crippen molar-refractivity contribution in [2.24, 2.45) is 0 Å². The highest BCUT2D eigenvalue weighted by Gasteiger charge is 2.36. The van der Waals surface area contributed by atoms with Gasteiger partial charge in [-0.1, -0.05) is 67.1 Å². The standard InChI is InChI=1S/C37H42FN3O6S/c1-6-27(3)39-37(43)34(22-28-10-8-7-9-11-28)40(24-29-14-16-30(38)17-15-29)36(42)25-41(33-23-31(46-4)18-21-35(33)47-5)48(44,45)32-19-12-26(2)13-20-32/h7-21,23,27,34H,6,22,24-25H2,1-5H3,(H,39,43)/t27-,34+/m0/s1. The van der Waals surface area contributed by atoms with E-state index in [2.05, 4.69) is 5.32 Å². The number of benzene rings is 4. The number of halogens is 1. The predicted octanol–water partition coefficient (Wildman–Crippen LogP) is 5.90. The van der Waals surface area contributed by atoms with Gasteiger partial charge in [-0.3, -0.25) is 13.9 Å². The molecule has 0 bridgehead atoms. The number of hydrogen-bond donors (Lipinski definition) is 1. The number of methoxy groups -OCH3 is 2. The molecular weight excluding hydrogens is 633 g/mol. The number of anilines is 1. The Hall–Kier alpha value is -4.90. The highest BCUT2D eigenvalue weighted by molar-refractivity contribution is 7.92. The van der Waals surface area contributed by atoms with Gasteiger partial charge in [0.1, 0.15) is 29.9 Å². The molecule has 4 aromatic carbocycles. The number of amides is 2. The van der Waals surface area contributed by atoms with Crippen molar-refractivity contribution in [2.45, 2.75) is 57.1 Å². The van der Waals surface area contributed by atoms with E-state index >= 15 is 0 Å². The molecule has 4 aromatic rings. The molecule has 0 aliphatic carbocycles. The minimum Gasteiger partial charge on any atom is -0.497 e. The Morgan fingerprint density at radius 2 is 1.54 bits per heavy atom. The Labute approximate surface area is 282 Å². The lowest BCUT2D eigenvalue weighted by atomic mass is 10.0. The molecule has 0 aromatic heterocycles. The molecule has 2 atom stereocenters. The molecule has 1 N–H and O–H groups in total. The van der Waals surface area contributed by atoms with Gasteiger partial charge in [-0.25, -0.2) is 12.8 Å². The molecule has 0 heterocycles. The minimum atomic E-state index is -4.36. The molecule has 2 amide bonds. The van der Waals surface area contributed by atoms with Crippen LogP contribution < -0.4 is 19.1 Å². The number of hydrogen-bond acceptors (Lipinski definition) is 6. The van der Waals surface area contributed by atoms with Crippen molar-refractivity contribution < 1.29 is 31.9 Å². The second-order valence-electron chi connectivity index (χ2n) is 11.5. The first kappa shape index (κ1) is 35.9. The quantitative estimate of drug-likeness (QED) is 0.168. The normalized spacial score (nSPS) is 12.5. The van der Waals surface area contributed by atoms with Gasteiger partial charge in [0.05, 0.1) is 24.8 Å². The van der Waals surface area contributed by atoms with Crippen molar-refractivity contribution in [2.75, 3.05) is 25.1 Å². The summed E-state index contributed by atoms with van der Waals surface area (Å²) < 4.78 is 54.6. The van der Waals surface area contributed by atoms with Crippen molar-refractivity contribution in [3.63, 3.8) is 0 Å². The average molecular weight is 676 g/mol. The van der Waals surface area contributed by atoms with E-state index in [0.717, 1.165) is 15.4 Å². The van der Waals surface area contributed by atoms with Crippen LogP contribution in [0.15, 0.2) is 102 Å². The van der Waals surface area contributed by atoms with E-state index in [1.54, 1.807) is 24.3 Å². The van der Waals surface area contributed by atoms with Crippen LogP contribution in [0.4, 0.5) is 10.1 Å². The van der Waals surface area contributed by atoms with Crippen molar-refractivity contribution in [1.82, 2.24) is 10.2 Å². The number of aryl methyl sites for hydroxylation is 1. The summed E-state index contributed by atoms with van der Waals surface area (Å²) in [5.41, 5.74) is 2.30. The zero-order valence-electron chi connectivity index (χ0n) is 27.9. The monoisotopic (exact) mass is 675 g/mol. The van der Waals surface area contributed by atoms with Crippen LogP contribution in [0.5, 0.6) is 11.5 Å². The lowest BCUT2D eigenvalue weighted by Crippen LogP contribution is -2.54. The third kappa shape index (κ3) is 8.92. The molecule has 0 unspecified atom stereocenters. The Morgan fingerprint density at radius 3 is 2.15 bits per heavy atom. The molecule has 48 heavy (non-hydrogen) atoms. The van der Waals surface area contributed by atoms with E-state index in [9.17, 15) is 22.4 Å². The summed E-state index contributed by atoms with van der Waals surface area (Å²) in [6.45, 7) is 4.89. The maximum atomic E-state index is 14.7. The number of nitrogens with one attached hydrogen (secondary N) is 1. The van der Waals surface area contributed by atoms with E-state index in [0.29, 0.717) is 17.7 Å². The Kier molecular flexibility index (Phi) is 12.2. The fourth-order valence-electron chi connectivity index (χ4n) is 5.12. The highest BCUT2D eigenvalue weighted by atomic mass is 32.2. The Bertz CT molecular complexity index is 1780. The van der Waals surface area contributed by atoms with Gasteiger partial charge in [0.15, 0.2) is 0 Å². The van der Waals surface area contributed by atoms with Gasteiger partial charge in [-0.15, -0.1) is 0 Å². The molecule has 0 fully saturated rings. The first-order valence-corrected chi connectivity index (χ1v) is 17.1. The zero-order valence-corrected chi connectivity index (χ0v) is 28.7. The summed E-state index contributed by atoms with van der Waals surface area (Å²) in [6.07, 6.45) is 0.817. The number of sulfonamides is 1. The van der Waals surface area contributed by atoms with E-state index in [-0.39, 0.29) is 35.3 Å². The minimum absolute atomic E-state index is 0.0359. The summed E-state index contributed by atoms with van der Waals surface area (Å²) in [5, 5.41) is 3.00. The van der Waals surface area contributed by atoms with Crippen LogP contribution in [0.1, 0.15) is 37.0 Å². The SMILES string of the molecule is CC[C@H](C)NC(=O)[C@@H](Cc1ccccc1)N(Cc1ccc(F)cc1)C(=O)CN(c1cc(OC)ccc1OC)S(=O)(=O)c1ccc(C)cc1. The summed E-state index contributed by atoms with van der Waals surface area (Å²) in [7, 11) is -1.51. The van der Waals surface area contributed by atoms with Crippen LogP contribution in [0.3, 0.4) is 0 Å². The summed E-state index contributed by atoms with van der Waals surface area (Å²) in [4.78, 5) is 30.0. The topological polar surface area (TPSA) is 105 Å². The molecule has 0 saturated heterocycles. The fourth-order valence-corrected chi connectivity index (χ4v) is 6.54. The maximum Gasteiger partial charge on any atom is 0.264 e. The van der Waals surface area contributed by atoms with Crippen LogP contribution >= 0.6 is 0 Å². The van der Waals surface area contributed by atoms with Crippen molar-refractivity contribution in [3.05, 3.63) is 120 Å². The van der Waals surface area contributed by atoms with Gasteiger partial charge in [-0.05, 0) is 67.8 Å². The fraction of sp³-hybridized carbons (Fsp3) is 0.297. The molecule has 4 rings (SSSR count). The van der Waals surface area contributed by atoms with E-state index in [1.807, 2.05) is 51.1 Å². The van der Waals surface area contributed by atoms with Crippen molar-refractivity contribution >= 4 is 27.5 Å². The molecular formula is C37H42FN3O6S. The van der Waals surface area contributed by atoms with Gasteiger partial charge >= 0.3 is 0 Å². The largest absolute Gasteiger partial charge is 0.497 e. The average Bonchev–Trinajstić information content (AvgIpc) is 3.09. The molecule has 0 aliphatic heterocycles. The highest BCUT2D eigenvalue weighted by Crippen LogP contribution is 2.36. The van der Waals surface area contributed by atoms with Gasteiger partial charge in [-0.2, -0.15) is 0 Å². The van der Waals surface area contributed by atoms with E-state index < -0.39 is 40.2 Å². The number of carbonyl (C=O) groups excluding carboxylic acids is 2. The van der Waals surface area contributed by atoms with E-state index in [1.165, 1.54) is 61.6 Å². The van der Waals surface area contributed by atoms with Crippen molar-refractivity contribution in [1.29, 1.82) is 0 Å². The second kappa shape index (κ2) is 16.3. The van der Waals surface area contributed by atoms with Gasteiger partial charge in [0, 0.05) is 25.1 Å². The van der Waals surface area contributed by atoms with Gasteiger partial charge in [0.25, 0.3) is 10.0 Å². The van der Waals surface area contributed by atoms with Crippen LogP contribution in [-0.4, -0.2) is 58.0 Å². The molecule has 0 saturated carbocycles. The predicted molar refractivity (Wildman–Crippen MR) is 184 cm³/mol. The Balaban J connectivity index is 1.87. The molecule has 254 valence electrons. The number of nitrogens with zero attached hydrogens (tertiary/aromatic N) is 2. The van der Waals surface area contributed by atoms with Crippen LogP contribution in [0.25, 0.3) is 0 Å². The smallest absolute Gasteiger partial charge is 0.264 e. The van der Waals surface area contributed by atoms with E-state index in [4.69, 9.17) is 9.47 Å². The second-order valence-corrected chi connectivity index (χ2v) is 13.4. The summed E-state index contributed by atoms with van der Waals surface area (Å²) in [5.74, 6) is -0.955. The van der Waals surface area contributed by atoms with Crippen LogP contribution in [0, 0.1) is 12.7 Å². The summed E-state index contributed by atoms with van der Waals surface area (Å²) in [6, 6.07) is 24.6. The van der Waals surface area contributed by atoms with Crippen LogP contribution in [0.2, 0.25) is 0 Å². The molecule has 9 nitrogen and oxygen atoms in total. The van der Waals surface area contributed by atoms with Gasteiger partial charge in [0.2, 0.25) is 11.8 Å². The Morgan fingerprint density at radius 1 is 0.875 bits per heavy atom. The van der Waals surface area contributed by atoms with Gasteiger partial charge < -0.3 is 19.7 Å². The maximum absolute atomic E-state index is 14.7. The number of rotatable bonds is 15. The molecule has 0 aliphatic rings. The third-order valence-corrected chi connectivity index (χ3v) is 9.85. The first-order valence-electron chi connectivity index (χ1n) is 15.7. The zero-order chi connectivity index (χ0) is 34.8. The number of ether oxygens (including phenoxy) is 2. The summed E-state index contributed by atoms with van der Waals surface area (Å²) >= 11 is 0. The lowest BCUT2D eigenvalue weighted by Gasteiger charge is -2.34. The molecule has 0 spiro atoms.